The third-order valence-corrected chi connectivity index (χ3v) is 1.88. The molecule has 0 fully saturated rings. The van der Waals surface area contributed by atoms with Gasteiger partial charge in [-0.2, -0.15) is 0 Å². The van der Waals surface area contributed by atoms with Gasteiger partial charge in [0.25, 0.3) is 0 Å². The lowest BCUT2D eigenvalue weighted by molar-refractivity contribution is 0.275. The quantitative estimate of drug-likeness (QED) is 0.437. The molecule has 8 heteroatoms. The average molecular weight is 303 g/mol. The van der Waals surface area contributed by atoms with Crippen molar-refractivity contribution in [3.63, 3.8) is 0 Å². The predicted octanol–water partition coefficient (Wildman–Crippen LogP) is 2.91. The van der Waals surface area contributed by atoms with Crippen molar-refractivity contribution in [1.82, 2.24) is 18.5 Å². The van der Waals surface area contributed by atoms with E-state index >= 15 is 0 Å². The highest BCUT2D eigenvalue weighted by Crippen LogP contribution is 2.25. The molecule has 0 aromatic heterocycles. The number of benzene rings is 2. The van der Waals surface area contributed by atoms with Crippen molar-refractivity contribution < 1.29 is 19.2 Å². The first-order chi connectivity index (χ1) is 7.97. The van der Waals surface area contributed by atoms with Crippen LogP contribution in [0.2, 0.25) is 0 Å². The predicted molar refractivity (Wildman–Crippen MR) is 81.2 cm³/mol. The summed E-state index contributed by atoms with van der Waals surface area (Å²) in [7, 11) is -4.64. The Morgan fingerprint density at radius 1 is 0.600 bits per heavy atom. The topological polar surface area (TPSA) is 183 Å². The molecule has 0 aliphatic heterocycles. The van der Waals surface area contributed by atoms with E-state index in [0.29, 0.717) is 0 Å². The molecule has 0 atom stereocenters. The van der Waals surface area contributed by atoms with Gasteiger partial charge in [0.05, 0.1) is 0 Å². The van der Waals surface area contributed by atoms with E-state index in [9.17, 15) is 0 Å². The van der Waals surface area contributed by atoms with Gasteiger partial charge in [-0.25, -0.2) is 4.57 Å². The lowest BCUT2D eigenvalue weighted by atomic mass is 10.1. The molecular formula is C12H22N3O4P. The van der Waals surface area contributed by atoms with E-state index in [1.165, 1.54) is 11.1 Å². The highest BCUT2D eigenvalue weighted by molar-refractivity contribution is 7.45. The summed E-state index contributed by atoms with van der Waals surface area (Å²) in [4.78, 5) is 21.6. The Morgan fingerprint density at radius 2 is 0.800 bits per heavy atom. The van der Waals surface area contributed by atoms with Crippen molar-refractivity contribution in [3.05, 3.63) is 60.7 Å². The summed E-state index contributed by atoms with van der Waals surface area (Å²) in [6.45, 7) is 0. The van der Waals surface area contributed by atoms with E-state index in [0.717, 1.165) is 0 Å². The molecule has 12 N–H and O–H groups in total. The normalized spacial score (nSPS) is 8.75. The Balaban J connectivity index is -0.000000322. The van der Waals surface area contributed by atoms with Crippen molar-refractivity contribution in [1.29, 1.82) is 0 Å². The van der Waals surface area contributed by atoms with Crippen LogP contribution in [0.25, 0.3) is 11.1 Å². The van der Waals surface area contributed by atoms with Gasteiger partial charge in [-0.15, -0.1) is 0 Å². The maximum atomic E-state index is 8.88. The van der Waals surface area contributed by atoms with Gasteiger partial charge in [-0.05, 0) is 11.1 Å². The summed E-state index contributed by atoms with van der Waals surface area (Å²) in [5.41, 5.74) is 2.55. The molecule has 0 unspecified atom stereocenters. The van der Waals surface area contributed by atoms with E-state index in [4.69, 9.17) is 19.2 Å². The zero-order chi connectivity index (χ0) is 12.7. The Labute approximate surface area is 118 Å². The molecule has 2 rings (SSSR count). The average Bonchev–Trinajstić information content (AvgIpc) is 2.29. The monoisotopic (exact) mass is 303 g/mol. The highest BCUT2D eigenvalue weighted by Gasteiger charge is 2.00. The van der Waals surface area contributed by atoms with Crippen LogP contribution in [0.3, 0.4) is 0 Å². The lowest BCUT2D eigenvalue weighted by Gasteiger charge is -1.98. The number of phosphoric acid groups is 1. The van der Waals surface area contributed by atoms with Crippen LogP contribution in [0.1, 0.15) is 0 Å². The molecule has 2 aromatic carbocycles. The number of hydrogen-bond acceptors (Lipinski definition) is 4. The van der Waals surface area contributed by atoms with E-state index in [2.05, 4.69) is 48.5 Å². The Bertz CT molecular complexity index is 445. The van der Waals surface area contributed by atoms with Gasteiger partial charge < -0.3 is 33.1 Å². The fraction of sp³-hybridized carbons (Fsp3) is 0. The standard InChI is InChI=1S/C12H10.3H3N.H3O4P/c1-3-7-11(8-4-1)12-9-5-2-6-10-12;;;;1-5(2,3)4/h1-10H;3*1H3;(H3,1,2,3,4). The van der Waals surface area contributed by atoms with Gasteiger partial charge in [-0.3, -0.25) is 0 Å². The summed E-state index contributed by atoms with van der Waals surface area (Å²) >= 11 is 0. The van der Waals surface area contributed by atoms with Crippen LogP contribution in [0, 0.1) is 0 Å². The molecule has 0 heterocycles. The van der Waals surface area contributed by atoms with Crippen LogP contribution in [-0.2, 0) is 4.57 Å². The molecule has 0 aliphatic rings. The fourth-order valence-corrected chi connectivity index (χ4v) is 1.26. The second-order valence-corrected chi connectivity index (χ2v) is 4.27. The third kappa shape index (κ3) is 11.5. The van der Waals surface area contributed by atoms with E-state index < -0.39 is 7.82 Å². The maximum Gasteiger partial charge on any atom is 0.466 e. The van der Waals surface area contributed by atoms with Crippen LogP contribution < -0.4 is 18.5 Å². The highest BCUT2D eigenvalue weighted by atomic mass is 31.2. The van der Waals surface area contributed by atoms with Gasteiger partial charge in [0.2, 0.25) is 0 Å². The molecule has 114 valence electrons. The van der Waals surface area contributed by atoms with Crippen LogP contribution in [-0.4, -0.2) is 14.7 Å². The molecule has 0 radical (unpaired) electrons. The molecule has 0 spiro atoms. The molecule has 0 saturated heterocycles. The summed E-state index contributed by atoms with van der Waals surface area (Å²) in [6, 6.07) is 20.8. The van der Waals surface area contributed by atoms with Crippen molar-refractivity contribution in [3.8, 4) is 11.1 Å². The van der Waals surface area contributed by atoms with Crippen molar-refractivity contribution in [2.45, 2.75) is 0 Å². The fourth-order valence-electron chi connectivity index (χ4n) is 1.26. The molecule has 7 nitrogen and oxygen atoms in total. The number of rotatable bonds is 1. The summed E-state index contributed by atoms with van der Waals surface area (Å²) in [5, 5.41) is 0. The van der Waals surface area contributed by atoms with Crippen LogP contribution in [0.5, 0.6) is 0 Å². The van der Waals surface area contributed by atoms with E-state index in [-0.39, 0.29) is 18.5 Å². The largest absolute Gasteiger partial charge is 0.466 e. The second-order valence-electron chi connectivity index (χ2n) is 3.25. The smallest absolute Gasteiger partial charge is 0.344 e. The molecular weight excluding hydrogens is 281 g/mol. The Kier molecular flexibility index (Phi) is 13.3. The first-order valence-electron chi connectivity index (χ1n) is 4.85. The van der Waals surface area contributed by atoms with Crippen LogP contribution in [0.15, 0.2) is 60.7 Å². The zero-order valence-electron chi connectivity index (χ0n) is 11.1. The SMILES string of the molecule is N.N.N.O=P(O)(O)O.c1ccc(-c2ccccc2)cc1. The summed E-state index contributed by atoms with van der Waals surface area (Å²) in [6.07, 6.45) is 0. The molecule has 0 saturated carbocycles. The lowest BCUT2D eigenvalue weighted by Crippen LogP contribution is -1.73. The minimum atomic E-state index is -4.64. The Morgan fingerprint density at radius 3 is 1.00 bits per heavy atom. The van der Waals surface area contributed by atoms with Gasteiger partial charge in [0.1, 0.15) is 0 Å². The molecule has 20 heavy (non-hydrogen) atoms. The van der Waals surface area contributed by atoms with Gasteiger partial charge in [-0.1, -0.05) is 60.7 Å². The molecule has 0 aliphatic carbocycles. The van der Waals surface area contributed by atoms with Gasteiger partial charge in [0.15, 0.2) is 0 Å². The van der Waals surface area contributed by atoms with Crippen LogP contribution in [0.4, 0.5) is 0 Å². The van der Waals surface area contributed by atoms with E-state index in [1.807, 2.05) is 12.1 Å². The minimum Gasteiger partial charge on any atom is -0.344 e. The van der Waals surface area contributed by atoms with Crippen molar-refractivity contribution in [2.75, 3.05) is 0 Å². The van der Waals surface area contributed by atoms with Crippen LogP contribution >= 0.6 is 7.82 Å². The summed E-state index contributed by atoms with van der Waals surface area (Å²) < 4.78 is 8.88. The van der Waals surface area contributed by atoms with Gasteiger partial charge in [0, 0.05) is 0 Å². The zero-order valence-corrected chi connectivity index (χ0v) is 12.0. The number of hydrogen-bond donors (Lipinski definition) is 6. The first kappa shape index (κ1) is 23.5. The minimum absolute atomic E-state index is 0. The maximum absolute atomic E-state index is 8.88. The molecule has 0 bridgehead atoms. The molecule has 2 aromatic rings. The summed E-state index contributed by atoms with van der Waals surface area (Å²) in [5.74, 6) is 0. The van der Waals surface area contributed by atoms with Crippen molar-refractivity contribution >= 4 is 7.82 Å². The van der Waals surface area contributed by atoms with Crippen molar-refractivity contribution in [2.24, 2.45) is 0 Å². The first-order valence-corrected chi connectivity index (χ1v) is 6.42. The van der Waals surface area contributed by atoms with E-state index in [1.54, 1.807) is 0 Å². The second kappa shape index (κ2) is 11.3. The van der Waals surface area contributed by atoms with Gasteiger partial charge >= 0.3 is 7.82 Å². The Hall–Kier alpha value is -1.57. The third-order valence-electron chi connectivity index (χ3n) is 1.88. The molecule has 0 amide bonds.